The van der Waals surface area contributed by atoms with Crippen LogP contribution in [0.5, 0.6) is 5.75 Å². The first-order valence-electron chi connectivity index (χ1n) is 14.9. The molecule has 232 valence electrons. The average Bonchev–Trinajstić information content (AvgIpc) is 3.00. The normalized spacial score (nSPS) is 17.7. The van der Waals surface area contributed by atoms with E-state index in [0.29, 0.717) is 30.8 Å². The van der Waals surface area contributed by atoms with Crippen molar-refractivity contribution in [3.8, 4) is 5.75 Å². The van der Waals surface area contributed by atoms with Gasteiger partial charge in [-0.25, -0.2) is 0 Å². The van der Waals surface area contributed by atoms with Gasteiger partial charge in [0, 0.05) is 36.8 Å². The van der Waals surface area contributed by atoms with Gasteiger partial charge in [-0.2, -0.15) is 0 Å². The Kier molecular flexibility index (Phi) is 12.1. The van der Waals surface area contributed by atoms with Crippen LogP contribution in [0.4, 0.5) is 0 Å². The van der Waals surface area contributed by atoms with Crippen molar-refractivity contribution in [3.63, 3.8) is 0 Å². The second-order valence-corrected chi connectivity index (χ2v) is 11.4. The molecule has 0 aromatic heterocycles. The number of carbonyl (C=O) groups excluding carboxylic acids is 3. The molecule has 0 spiro atoms. The zero-order valence-electron chi connectivity index (χ0n) is 25.8. The van der Waals surface area contributed by atoms with Gasteiger partial charge in [0.05, 0.1) is 18.6 Å². The number of ether oxygens (including phenoxy) is 1. The Morgan fingerprint density at radius 2 is 1.74 bits per heavy atom. The minimum Gasteiger partial charge on any atom is -0.497 e. The van der Waals surface area contributed by atoms with Gasteiger partial charge >= 0.3 is 0 Å². The number of rotatable bonds is 15. The highest BCUT2D eigenvalue weighted by Gasteiger charge is 2.44. The van der Waals surface area contributed by atoms with E-state index in [2.05, 4.69) is 5.32 Å². The molecule has 0 heterocycles. The number of hydrogen-bond donors (Lipinski definition) is 4. The number of primary amides is 1. The van der Waals surface area contributed by atoms with E-state index < -0.39 is 29.4 Å². The highest BCUT2D eigenvalue weighted by Crippen LogP contribution is 2.40. The number of nitrogens with one attached hydrogen (secondary N) is 1. The summed E-state index contributed by atoms with van der Waals surface area (Å²) in [5.41, 5.74) is 14.0. The van der Waals surface area contributed by atoms with Crippen LogP contribution >= 0.6 is 0 Å². The zero-order valence-corrected chi connectivity index (χ0v) is 25.8. The van der Waals surface area contributed by atoms with Crippen molar-refractivity contribution in [2.75, 3.05) is 20.2 Å². The number of methoxy groups -OCH3 is 1. The van der Waals surface area contributed by atoms with Gasteiger partial charge in [0.15, 0.2) is 0 Å². The number of carbonyl (C=O) groups is 3. The maximum atomic E-state index is 14.1. The average molecular weight is 591 g/mol. The van der Waals surface area contributed by atoms with Crippen molar-refractivity contribution in [3.05, 3.63) is 88.5 Å². The van der Waals surface area contributed by atoms with Gasteiger partial charge in [0.2, 0.25) is 17.7 Å². The molecule has 43 heavy (non-hydrogen) atoms. The maximum absolute atomic E-state index is 14.1. The zero-order chi connectivity index (χ0) is 31.6. The molecular formula is C34H46N4O5. The van der Waals surface area contributed by atoms with Crippen LogP contribution in [0, 0.1) is 12.3 Å². The molecular weight excluding hydrogens is 544 g/mol. The molecule has 0 fully saturated rings. The van der Waals surface area contributed by atoms with E-state index in [1.54, 1.807) is 12.0 Å². The molecule has 1 aliphatic carbocycles. The molecule has 0 radical (unpaired) electrons. The van der Waals surface area contributed by atoms with Gasteiger partial charge in [-0.3, -0.25) is 14.4 Å². The number of aliphatic hydroxyl groups is 1. The van der Waals surface area contributed by atoms with Gasteiger partial charge in [0.25, 0.3) is 0 Å². The Balaban J connectivity index is 1.97. The Labute approximate surface area is 255 Å². The van der Waals surface area contributed by atoms with E-state index in [-0.39, 0.29) is 30.9 Å². The number of nitrogens with two attached hydrogens (primary N) is 2. The van der Waals surface area contributed by atoms with Crippen molar-refractivity contribution < 1.29 is 24.2 Å². The van der Waals surface area contributed by atoms with Gasteiger partial charge in [-0.15, -0.1) is 0 Å². The second kappa shape index (κ2) is 15.5. The minimum atomic E-state index is -1.45. The predicted molar refractivity (Wildman–Crippen MR) is 168 cm³/mol. The number of hydrogen-bond acceptors (Lipinski definition) is 6. The van der Waals surface area contributed by atoms with Crippen LogP contribution in [0.3, 0.4) is 0 Å². The topological polar surface area (TPSA) is 148 Å². The number of benzene rings is 2. The number of amides is 3. The third kappa shape index (κ3) is 9.02. The molecule has 0 saturated heterocycles. The lowest BCUT2D eigenvalue weighted by molar-refractivity contribution is -0.131. The van der Waals surface area contributed by atoms with Crippen LogP contribution in [0.15, 0.2) is 71.8 Å². The number of aryl methyl sites for hydroxylation is 1. The summed E-state index contributed by atoms with van der Waals surface area (Å²) in [7, 11) is 1.57. The van der Waals surface area contributed by atoms with Crippen molar-refractivity contribution in [2.24, 2.45) is 16.9 Å². The van der Waals surface area contributed by atoms with Gasteiger partial charge in [-0.05, 0) is 68.4 Å². The summed E-state index contributed by atoms with van der Waals surface area (Å²) in [6.07, 6.45) is 3.65. The molecule has 2 aromatic rings. The standard InChI is InChI=1S/C34H46N4O5/c1-5-14-38(15-6-2)32(41)27-18-26(31(36)40)19-34(20-27,33(42)37-22-25-8-7-9-28(16-25)43-4)21-30(39)29(35)17-24-12-10-23(3)11-13-24/h7-13,16,18-19,29-30,39H,5-6,14-15,17,20-22,35H2,1-4H3,(H2,36,40)(H,37,42)/t29-,30+,34?/m0/s1. The van der Waals surface area contributed by atoms with Crippen molar-refractivity contribution >= 4 is 17.7 Å². The maximum Gasteiger partial charge on any atom is 0.249 e. The van der Waals surface area contributed by atoms with Crippen molar-refractivity contribution in [1.82, 2.24) is 10.2 Å². The summed E-state index contributed by atoms with van der Waals surface area (Å²) < 4.78 is 5.30. The molecule has 3 rings (SSSR count). The van der Waals surface area contributed by atoms with E-state index in [0.717, 1.165) is 29.5 Å². The largest absolute Gasteiger partial charge is 0.497 e. The highest BCUT2D eigenvalue weighted by molar-refractivity contribution is 6.03. The predicted octanol–water partition coefficient (Wildman–Crippen LogP) is 3.32. The minimum absolute atomic E-state index is 0.00913. The third-order valence-electron chi connectivity index (χ3n) is 7.80. The second-order valence-electron chi connectivity index (χ2n) is 11.4. The van der Waals surface area contributed by atoms with Gasteiger partial charge < -0.3 is 31.5 Å². The molecule has 1 aliphatic rings. The van der Waals surface area contributed by atoms with Crippen molar-refractivity contribution in [2.45, 2.75) is 71.6 Å². The molecule has 3 atom stereocenters. The van der Waals surface area contributed by atoms with Crippen LogP contribution in [0.25, 0.3) is 0 Å². The first kappa shape index (κ1) is 33.6. The van der Waals surface area contributed by atoms with Crippen LogP contribution < -0.4 is 21.5 Å². The van der Waals surface area contributed by atoms with Crippen LogP contribution in [0.1, 0.15) is 56.2 Å². The lowest BCUT2D eigenvalue weighted by atomic mass is 9.70. The summed E-state index contributed by atoms with van der Waals surface area (Å²) in [5, 5.41) is 14.4. The van der Waals surface area contributed by atoms with E-state index in [1.165, 1.54) is 12.2 Å². The Hall–Kier alpha value is -3.95. The summed E-state index contributed by atoms with van der Waals surface area (Å²) in [6, 6.07) is 14.5. The monoisotopic (exact) mass is 590 g/mol. The number of aliphatic hydroxyl groups excluding tert-OH is 1. The molecule has 2 aromatic carbocycles. The summed E-state index contributed by atoms with van der Waals surface area (Å²) >= 11 is 0. The third-order valence-corrected chi connectivity index (χ3v) is 7.80. The fourth-order valence-corrected chi connectivity index (χ4v) is 5.47. The lowest BCUT2D eigenvalue weighted by Crippen LogP contribution is -2.48. The first-order chi connectivity index (χ1) is 20.5. The van der Waals surface area contributed by atoms with Crippen LogP contribution in [0.2, 0.25) is 0 Å². The fraction of sp³-hybridized carbons (Fsp3) is 0.441. The Bertz CT molecular complexity index is 1330. The van der Waals surface area contributed by atoms with Crippen LogP contribution in [-0.4, -0.2) is 60.1 Å². The SMILES string of the molecule is CCCN(CCC)C(=O)C1=CC(C(N)=O)=CC(C[C@@H](O)[C@@H](N)Cc2ccc(C)cc2)(C(=O)NCc2cccc(OC)c2)C1. The molecule has 6 N–H and O–H groups in total. The smallest absolute Gasteiger partial charge is 0.249 e. The van der Waals surface area contributed by atoms with E-state index in [1.807, 2.05) is 69.3 Å². The van der Waals surface area contributed by atoms with Crippen LogP contribution in [-0.2, 0) is 27.3 Å². The molecule has 0 aliphatic heterocycles. The van der Waals surface area contributed by atoms with Gasteiger partial charge in [-0.1, -0.05) is 61.9 Å². The van der Waals surface area contributed by atoms with E-state index >= 15 is 0 Å². The molecule has 0 saturated carbocycles. The lowest BCUT2D eigenvalue weighted by Gasteiger charge is -2.37. The summed E-state index contributed by atoms with van der Waals surface area (Å²) in [4.78, 5) is 42.1. The van der Waals surface area contributed by atoms with E-state index in [4.69, 9.17) is 16.2 Å². The highest BCUT2D eigenvalue weighted by atomic mass is 16.5. The quantitative estimate of drug-likeness (QED) is 0.250. The van der Waals surface area contributed by atoms with Crippen molar-refractivity contribution in [1.29, 1.82) is 0 Å². The summed E-state index contributed by atoms with van der Waals surface area (Å²) in [5.74, 6) is -0.799. The number of nitrogens with zero attached hydrogens (tertiary/aromatic N) is 1. The van der Waals surface area contributed by atoms with E-state index in [9.17, 15) is 19.5 Å². The summed E-state index contributed by atoms with van der Waals surface area (Å²) in [6.45, 7) is 7.22. The fourth-order valence-electron chi connectivity index (χ4n) is 5.47. The molecule has 0 bridgehead atoms. The molecule has 1 unspecified atom stereocenters. The Morgan fingerprint density at radius 3 is 2.35 bits per heavy atom. The Morgan fingerprint density at radius 1 is 1.07 bits per heavy atom. The first-order valence-corrected chi connectivity index (χ1v) is 14.9. The molecule has 3 amide bonds. The van der Waals surface area contributed by atoms with Gasteiger partial charge in [0.1, 0.15) is 5.75 Å². The molecule has 9 heteroatoms. The molecule has 9 nitrogen and oxygen atoms in total.